The third-order valence-corrected chi connectivity index (χ3v) is 6.88. The lowest BCUT2D eigenvalue weighted by Gasteiger charge is -2.40. The molecule has 0 aromatic carbocycles. The Morgan fingerprint density at radius 2 is 1.92 bits per heavy atom. The minimum atomic E-state index is -4.58. The van der Waals surface area contributed by atoms with Crippen LogP contribution in [0.15, 0.2) is 12.4 Å². The predicted octanol–water partition coefficient (Wildman–Crippen LogP) is 3.22. The number of thiazole rings is 1. The molecule has 194 valence electrons. The van der Waals surface area contributed by atoms with Crippen LogP contribution in [0.2, 0.25) is 0 Å². The number of carbonyl (C=O) groups is 1. The van der Waals surface area contributed by atoms with Gasteiger partial charge in [-0.2, -0.15) is 18.3 Å². The SMILES string of the molecule is CCOc1ncc(-c2nc(C(F)(F)F)sc2N2CCN(C(=O)Cn3nc(C)nc3CC)[C@H](C)C2)cn1. The third-order valence-electron chi connectivity index (χ3n) is 5.72. The summed E-state index contributed by atoms with van der Waals surface area (Å²) in [5, 5.41) is 3.73. The number of aryl methyl sites for hydroxylation is 2. The normalized spacial score (nSPS) is 16.5. The van der Waals surface area contributed by atoms with Crippen molar-refractivity contribution < 1.29 is 22.7 Å². The molecule has 0 bridgehead atoms. The summed E-state index contributed by atoms with van der Waals surface area (Å²) in [7, 11) is 0. The second kappa shape index (κ2) is 10.4. The van der Waals surface area contributed by atoms with Gasteiger partial charge in [0.05, 0.1) is 6.61 Å². The molecule has 10 nitrogen and oxygen atoms in total. The Bertz CT molecular complexity index is 1210. The van der Waals surface area contributed by atoms with E-state index in [0.29, 0.717) is 60.4 Å². The van der Waals surface area contributed by atoms with Crippen molar-refractivity contribution in [2.24, 2.45) is 0 Å². The van der Waals surface area contributed by atoms with Gasteiger partial charge in [0, 0.05) is 50.1 Å². The number of aromatic nitrogens is 6. The van der Waals surface area contributed by atoms with E-state index in [-0.39, 0.29) is 30.2 Å². The third kappa shape index (κ3) is 5.42. The summed E-state index contributed by atoms with van der Waals surface area (Å²) >= 11 is 0.581. The molecule has 0 unspecified atom stereocenters. The maximum absolute atomic E-state index is 13.6. The molecular formula is C22H27F3N8O2S. The van der Waals surface area contributed by atoms with Crippen LogP contribution < -0.4 is 9.64 Å². The molecule has 1 atom stereocenters. The maximum Gasteiger partial charge on any atom is 0.443 e. The molecule has 1 aliphatic rings. The van der Waals surface area contributed by atoms with Crippen molar-refractivity contribution in [3.63, 3.8) is 0 Å². The summed E-state index contributed by atoms with van der Waals surface area (Å²) < 4.78 is 47.5. The van der Waals surface area contributed by atoms with Gasteiger partial charge in [-0.15, -0.1) is 0 Å². The van der Waals surface area contributed by atoms with Crippen molar-refractivity contribution in [1.29, 1.82) is 0 Å². The number of piperazine rings is 1. The predicted molar refractivity (Wildman–Crippen MR) is 127 cm³/mol. The van der Waals surface area contributed by atoms with E-state index in [1.54, 1.807) is 23.4 Å². The molecule has 36 heavy (non-hydrogen) atoms. The Labute approximate surface area is 210 Å². The van der Waals surface area contributed by atoms with E-state index in [1.807, 2.05) is 18.7 Å². The lowest BCUT2D eigenvalue weighted by molar-refractivity contribution is -0.137. The number of nitrogens with zero attached hydrogens (tertiary/aromatic N) is 8. The van der Waals surface area contributed by atoms with Crippen molar-refractivity contribution in [3.8, 4) is 17.3 Å². The first-order chi connectivity index (χ1) is 17.1. The van der Waals surface area contributed by atoms with Crippen LogP contribution in [0.1, 0.15) is 37.4 Å². The van der Waals surface area contributed by atoms with Gasteiger partial charge in [-0.3, -0.25) is 4.79 Å². The molecule has 3 aromatic heterocycles. The highest BCUT2D eigenvalue weighted by Crippen LogP contribution is 2.43. The Balaban J connectivity index is 1.55. The van der Waals surface area contributed by atoms with Crippen LogP contribution in [-0.4, -0.2) is 72.8 Å². The first-order valence-corrected chi connectivity index (χ1v) is 12.4. The number of anilines is 1. The number of amides is 1. The van der Waals surface area contributed by atoms with Gasteiger partial charge in [0.1, 0.15) is 28.9 Å². The van der Waals surface area contributed by atoms with E-state index in [9.17, 15) is 18.0 Å². The van der Waals surface area contributed by atoms with Crippen LogP contribution in [0.3, 0.4) is 0 Å². The average molecular weight is 525 g/mol. The quantitative estimate of drug-likeness (QED) is 0.464. The van der Waals surface area contributed by atoms with E-state index in [2.05, 4.69) is 25.0 Å². The topological polar surface area (TPSA) is 102 Å². The summed E-state index contributed by atoms with van der Waals surface area (Å²) in [5.74, 6) is 1.23. The number of rotatable bonds is 7. The van der Waals surface area contributed by atoms with Gasteiger partial charge in [0.25, 0.3) is 0 Å². The lowest BCUT2D eigenvalue weighted by atomic mass is 10.1. The minimum Gasteiger partial charge on any atom is -0.464 e. The van der Waals surface area contributed by atoms with Crippen LogP contribution in [0.25, 0.3) is 11.3 Å². The highest BCUT2D eigenvalue weighted by molar-refractivity contribution is 7.16. The molecule has 4 heterocycles. The zero-order valence-electron chi connectivity index (χ0n) is 20.4. The molecule has 0 N–H and O–H groups in total. The fraction of sp³-hybridized carbons (Fsp3) is 0.545. The van der Waals surface area contributed by atoms with Crippen LogP contribution in [0.4, 0.5) is 18.2 Å². The molecule has 0 saturated carbocycles. The van der Waals surface area contributed by atoms with E-state index >= 15 is 0 Å². The van der Waals surface area contributed by atoms with Crippen molar-refractivity contribution in [3.05, 3.63) is 29.1 Å². The summed E-state index contributed by atoms with van der Waals surface area (Å²) in [6.07, 6.45) is -1.11. The van der Waals surface area contributed by atoms with E-state index in [4.69, 9.17) is 4.74 Å². The van der Waals surface area contributed by atoms with Gasteiger partial charge < -0.3 is 14.5 Å². The molecule has 4 rings (SSSR count). The Morgan fingerprint density at radius 3 is 2.53 bits per heavy atom. The van der Waals surface area contributed by atoms with Crippen molar-refractivity contribution >= 4 is 22.2 Å². The molecule has 1 amide bonds. The monoisotopic (exact) mass is 524 g/mol. The van der Waals surface area contributed by atoms with Gasteiger partial charge >= 0.3 is 12.2 Å². The number of carbonyl (C=O) groups excluding carboxylic acids is 1. The second-order valence-electron chi connectivity index (χ2n) is 8.33. The zero-order valence-corrected chi connectivity index (χ0v) is 21.2. The van der Waals surface area contributed by atoms with E-state index in [0.717, 1.165) is 5.82 Å². The van der Waals surface area contributed by atoms with Crippen LogP contribution in [-0.2, 0) is 23.9 Å². The van der Waals surface area contributed by atoms with Crippen LogP contribution >= 0.6 is 11.3 Å². The van der Waals surface area contributed by atoms with Crippen molar-refractivity contribution in [2.45, 2.75) is 52.9 Å². The summed E-state index contributed by atoms with van der Waals surface area (Å²) in [6, 6.07) is -0.0922. The van der Waals surface area contributed by atoms with Gasteiger partial charge in [0.15, 0.2) is 0 Å². The lowest BCUT2D eigenvalue weighted by Crippen LogP contribution is -2.54. The Hall–Kier alpha value is -3.29. The molecule has 14 heteroatoms. The molecule has 1 fully saturated rings. The van der Waals surface area contributed by atoms with E-state index in [1.165, 1.54) is 12.4 Å². The number of hydrogen-bond acceptors (Lipinski definition) is 9. The molecule has 0 radical (unpaired) electrons. The zero-order chi connectivity index (χ0) is 26.0. The Kier molecular flexibility index (Phi) is 7.43. The molecule has 0 aliphatic carbocycles. The van der Waals surface area contributed by atoms with Gasteiger partial charge in [0.2, 0.25) is 10.9 Å². The van der Waals surface area contributed by atoms with Crippen molar-refractivity contribution in [2.75, 3.05) is 31.1 Å². The number of alkyl halides is 3. The summed E-state index contributed by atoms with van der Waals surface area (Å²) in [4.78, 5) is 33.0. The highest BCUT2D eigenvalue weighted by Gasteiger charge is 2.38. The van der Waals surface area contributed by atoms with E-state index < -0.39 is 11.2 Å². The first kappa shape index (κ1) is 25.8. The molecule has 1 aliphatic heterocycles. The molecule has 3 aromatic rings. The number of halogens is 3. The second-order valence-corrected chi connectivity index (χ2v) is 9.30. The maximum atomic E-state index is 13.6. The molecule has 0 spiro atoms. The fourth-order valence-corrected chi connectivity index (χ4v) is 5.09. The van der Waals surface area contributed by atoms with Crippen LogP contribution in [0, 0.1) is 6.92 Å². The fourth-order valence-electron chi connectivity index (χ4n) is 4.10. The molecular weight excluding hydrogens is 497 g/mol. The summed E-state index contributed by atoms with van der Waals surface area (Å²) in [5.41, 5.74) is 0.521. The molecule has 1 saturated heterocycles. The van der Waals surface area contributed by atoms with Crippen LogP contribution in [0.5, 0.6) is 6.01 Å². The standard InChI is InChI=1S/C22H27F3N8O2S/c1-5-16-28-14(4)30-33(16)12-17(34)32-8-7-31(11-13(32)3)19-18(29-20(36-19)22(23,24)25)15-9-26-21(27-10-15)35-6-2/h9-10,13H,5-8,11-12H2,1-4H3/t13-/m1/s1. The minimum absolute atomic E-state index is 0.0713. The van der Waals surface area contributed by atoms with Gasteiger partial charge in [-0.1, -0.05) is 18.3 Å². The number of ether oxygens (including phenoxy) is 1. The smallest absolute Gasteiger partial charge is 0.443 e. The Morgan fingerprint density at radius 1 is 1.19 bits per heavy atom. The largest absolute Gasteiger partial charge is 0.464 e. The first-order valence-electron chi connectivity index (χ1n) is 11.6. The average Bonchev–Trinajstić information content (AvgIpc) is 3.43. The van der Waals surface area contributed by atoms with Gasteiger partial charge in [-0.25, -0.2) is 24.6 Å². The summed E-state index contributed by atoms with van der Waals surface area (Å²) in [6.45, 7) is 8.90. The van der Waals surface area contributed by atoms with Crippen molar-refractivity contribution in [1.82, 2.24) is 34.6 Å². The van der Waals surface area contributed by atoms with Gasteiger partial charge in [-0.05, 0) is 20.8 Å². The highest BCUT2D eigenvalue weighted by atomic mass is 32.1. The number of hydrogen-bond donors (Lipinski definition) is 0.